The van der Waals surface area contributed by atoms with Crippen LogP contribution in [0.15, 0.2) is 29.2 Å². The number of carbonyl (C=O) groups excluding carboxylic acids is 1. The smallest absolute Gasteiger partial charge is 0.232 e. The average molecular weight is 300 g/mol. The monoisotopic (exact) mass is 299 g/mol. The van der Waals surface area contributed by atoms with Crippen LogP contribution in [0.3, 0.4) is 0 Å². The van der Waals surface area contributed by atoms with Gasteiger partial charge < -0.3 is 9.64 Å². The average Bonchev–Trinajstić information content (AvgIpc) is 2.46. The summed E-state index contributed by atoms with van der Waals surface area (Å²) in [5.41, 5.74) is 0. The van der Waals surface area contributed by atoms with E-state index < -0.39 is 0 Å². The summed E-state index contributed by atoms with van der Waals surface area (Å²) < 4.78 is 5.30. The number of hydrogen-bond donors (Lipinski definition) is 0. The fraction of sp³-hybridized carbons (Fsp3) is 0.500. The van der Waals surface area contributed by atoms with Gasteiger partial charge in [0.25, 0.3) is 0 Å². The van der Waals surface area contributed by atoms with E-state index in [1.165, 1.54) is 11.8 Å². The van der Waals surface area contributed by atoms with Crippen molar-refractivity contribution in [3.8, 4) is 0 Å². The molecule has 19 heavy (non-hydrogen) atoms. The van der Waals surface area contributed by atoms with Crippen molar-refractivity contribution < 1.29 is 9.53 Å². The Morgan fingerprint density at radius 1 is 1.42 bits per heavy atom. The number of carbonyl (C=O) groups is 1. The molecule has 0 saturated carbocycles. The lowest BCUT2D eigenvalue weighted by atomic mass is 10.1. The summed E-state index contributed by atoms with van der Waals surface area (Å²) >= 11 is 7.57. The molecule has 0 atom stereocenters. The Morgan fingerprint density at radius 3 is 2.74 bits per heavy atom. The maximum atomic E-state index is 12.1. The van der Waals surface area contributed by atoms with Gasteiger partial charge in [-0.2, -0.15) is 0 Å². The minimum atomic E-state index is 0.180. The van der Waals surface area contributed by atoms with E-state index in [0.29, 0.717) is 16.9 Å². The molecule has 2 rings (SSSR count). The molecule has 0 aromatic heterocycles. The van der Waals surface area contributed by atoms with Crippen molar-refractivity contribution >= 4 is 29.3 Å². The lowest BCUT2D eigenvalue weighted by molar-refractivity contribution is -0.130. The maximum Gasteiger partial charge on any atom is 0.232 e. The quantitative estimate of drug-likeness (QED) is 0.800. The second-order valence-corrected chi connectivity index (χ2v) is 5.96. The molecule has 5 heteroatoms. The van der Waals surface area contributed by atoms with Crippen molar-refractivity contribution in [2.75, 3.05) is 26.0 Å². The number of rotatable bonds is 4. The van der Waals surface area contributed by atoms with Crippen LogP contribution in [-0.4, -0.2) is 42.9 Å². The van der Waals surface area contributed by atoms with Crippen LogP contribution in [0.5, 0.6) is 0 Å². The van der Waals surface area contributed by atoms with Crippen molar-refractivity contribution in [2.24, 2.45) is 0 Å². The lowest BCUT2D eigenvalue weighted by Gasteiger charge is -2.31. The number of piperidine rings is 1. The molecule has 1 aromatic rings. The van der Waals surface area contributed by atoms with E-state index >= 15 is 0 Å². The second-order valence-electron chi connectivity index (χ2n) is 4.53. The van der Waals surface area contributed by atoms with Crippen LogP contribution in [0.1, 0.15) is 12.8 Å². The van der Waals surface area contributed by atoms with Gasteiger partial charge >= 0.3 is 0 Å². The zero-order chi connectivity index (χ0) is 13.7. The van der Waals surface area contributed by atoms with E-state index in [0.717, 1.165) is 30.8 Å². The van der Waals surface area contributed by atoms with Crippen molar-refractivity contribution in [1.29, 1.82) is 0 Å². The van der Waals surface area contributed by atoms with Crippen LogP contribution in [-0.2, 0) is 9.53 Å². The Balaban J connectivity index is 1.81. The summed E-state index contributed by atoms with van der Waals surface area (Å²) in [6.45, 7) is 1.58. The van der Waals surface area contributed by atoms with Crippen LogP contribution in [0.2, 0.25) is 5.02 Å². The van der Waals surface area contributed by atoms with Gasteiger partial charge in [0.15, 0.2) is 0 Å². The first kappa shape index (κ1) is 14.7. The molecule has 0 aliphatic carbocycles. The number of hydrogen-bond acceptors (Lipinski definition) is 3. The molecule has 1 fully saturated rings. The molecule has 0 spiro atoms. The number of thioether (sulfide) groups is 1. The Hall–Kier alpha value is -0.710. The first-order valence-electron chi connectivity index (χ1n) is 6.38. The summed E-state index contributed by atoms with van der Waals surface area (Å²) in [7, 11) is 1.73. The van der Waals surface area contributed by atoms with Crippen LogP contribution >= 0.6 is 23.4 Å². The van der Waals surface area contributed by atoms with Gasteiger partial charge in [0.1, 0.15) is 0 Å². The van der Waals surface area contributed by atoms with Crippen LogP contribution < -0.4 is 0 Å². The third kappa shape index (κ3) is 4.13. The third-order valence-corrected chi connectivity index (χ3v) is 4.82. The number of nitrogens with zero attached hydrogens (tertiary/aromatic N) is 1. The summed E-state index contributed by atoms with van der Waals surface area (Å²) in [5.74, 6) is 0.626. The van der Waals surface area contributed by atoms with Gasteiger partial charge in [-0.15, -0.1) is 11.8 Å². The predicted molar refractivity (Wildman–Crippen MR) is 78.8 cm³/mol. The SMILES string of the molecule is COC1CCN(C(=O)CSc2ccccc2Cl)CC1. The van der Waals surface area contributed by atoms with Gasteiger partial charge in [0.2, 0.25) is 5.91 Å². The molecule has 0 unspecified atom stereocenters. The Morgan fingerprint density at radius 2 is 2.11 bits per heavy atom. The molecule has 1 heterocycles. The number of amides is 1. The molecule has 1 aliphatic rings. The van der Waals surface area contributed by atoms with Crippen molar-refractivity contribution in [3.63, 3.8) is 0 Å². The fourth-order valence-corrected chi connectivity index (χ4v) is 3.28. The highest BCUT2D eigenvalue weighted by molar-refractivity contribution is 8.00. The van der Waals surface area contributed by atoms with Gasteiger partial charge in [0, 0.05) is 25.1 Å². The number of benzene rings is 1. The summed E-state index contributed by atoms with van der Waals surface area (Å²) in [5, 5.41) is 0.707. The normalized spacial score (nSPS) is 16.6. The molecule has 1 amide bonds. The van der Waals surface area contributed by atoms with E-state index in [2.05, 4.69) is 0 Å². The molecule has 104 valence electrons. The van der Waals surface area contributed by atoms with Crippen molar-refractivity contribution in [1.82, 2.24) is 4.90 Å². The first-order valence-corrected chi connectivity index (χ1v) is 7.75. The fourth-order valence-electron chi connectivity index (χ4n) is 2.13. The lowest BCUT2D eigenvalue weighted by Crippen LogP contribution is -2.41. The maximum absolute atomic E-state index is 12.1. The summed E-state index contributed by atoms with van der Waals surface area (Å²) in [4.78, 5) is 15.0. The molecule has 1 aliphatic heterocycles. The largest absolute Gasteiger partial charge is 0.381 e. The molecular formula is C14H18ClNO2S. The second kappa shape index (κ2) is 7.17. The van der Waals surface area contributed by atoms with Gasteiger partial charge in [-0.1, -0.05) is 23.7 Å². The minimum Gasteiger partial charge on any atom is -0.381 e. The Kier molecular flexibility index (Phi) is 5.55. The van der Waals surface area contributed by atoms with E-state index in [4.69, 9.17) is 16.3 Å². The van der Waals surface area contributed by atoms with Gasteiger partial charge in [-0.3, -0.25) is 4.79 Å². The first-order chi connectivity index (χ1) is 9.20. The van der Waals surface area contributed by atoms with Crippen molar-refractivity contribution in [2.45, 2.75) is 23.8 Å². The molecule has 1 saturated heterocycles. The van der Waals surface area contributed by atoms with Crippen LogP contribution in [0.4, 0.5) is 0 Å². The summed E-state index contributed by atoms with van der Waals surface area (Å²) in [6, 6.07) is 7.61. The Bertz CT molecular complexity index is 433. The highest BCUT2D eigenvalue weighted by atomic mass is 35.5. The van der Waals surface area contributed by atoms with Crippen LogP contribution in [0, 0.1) is 0 Å². The third-order valence-electron chi connectivity index (χ3n) is 3.32. The number of ether oxygens (including phenoxy) is 1. The van der Waals surface area contributed by atoms with Gasteiger partial charge in [-0.05, 0) is 25.0 Å². The van der Waals surface area contributed by atoms with Crippen LogP contribution in [0.25, 0.3) is 0 Å². The topological polar surface area (TPSA) is 29.5 Å². The standard InChI is InChI=1S/C14H18ClNO2S/c1-18-11-6-8-16(9-7-11)14(17)10-19-13-5-3-2-4-12(13)15/h2-5,11H,6-10H2,1H3. The minimum absolute atomic E-state index is 0.180. The molecular weight excluding hydrogens is 282 g/mol. The number of halogens is 1. The van der Waals surface area contributed by atoms with E-state index in [1.807, 2.05) is 29.2 Å². The predicted octanol–water partition coefficient (Wildman–Crippen LogP) is 3.07. The molecule has 0 bridgehead atoms. The highest BCUT2D eigenvalue weighted by Gasteiger charge is 2.22. The Labute approximate surface area is 123 Å². The molecule has 3 nitrogen and oxygen atoms in total. The zero-order valence-corrected chi connectivity index (χ0v) is 12.5. The molecule has 0 radical (unpaired) electrons. The van der Waals surface area contributed by atoms with Crippen molar-refractivity contribution in [3.05, 3.63) is 29.3 Å². The zero-order valence-electron chi connectivity index (χ0n) is 11.0. The number of methoxy groups -OCH3 is 1. The van der Waals surface area contributed by atoms with Gasteiger partial charge in [0.05, 0.1) is 16.9 Å². The highest BCUT2D eigenvalue weighted by Crippen LogP contribution is 2.27. The van der Waals surface area contributed by atoms with E-state index in [9.17, 15) is 4.79 Å². The molecule has 1 aromatic carbocycles. The molecule has 0 N–H and O–H groups in total. The van der Waals surface area contributed by atoms with Gasteiger partial charge in [-0.25, -0.2) is 0 Å². The summed E-state index contributed by atoms with van der Waals surface area (Å²) in [6.07, 6.45) is 2.16. The van der Waals surface area contributed by atoms with E-state index in [1.54, 1.807) is 7.11 Å². The van der Waals surface area contributed by atoms with E-state index in [-0.39, 0.29) is 5.91 Å². The number of likely N-dealkylation sites (tertiary alicyclic amines) is 1.